The largest absolute Gasteiger partial charge is 0.497 e. The van der Waals surface area contributed by atoms with Gasteiger partial charge in [-0.25, -0.2) is 8.42 Å². The van der Waals surface area contributed by atoms with E-state index < -0.39 is 34.4 Å². The highest BCUT2D eigenvalue weighted by atomic mass is 32.2. The second-order valence-electron chi connectivity index (χ2n) is 10.1. The van der Waals surface area contributed by atoms with Gasteiger partial charge in [-0.05, 0) is 47.5 Å². The number of benzene rings is 4. The van der Waals surface area contributed by atoms with Crippen LogP contribution in [0.15, 0.2) is 108 Å². The highest BCUT2D eigenvalue weighted by Gasteiger charge is 2.35. The van der Waals surface area contributed by atoms with Crippen LogP contribution in [0.2, 0.25) is 0 Å². The van der Waals surface area contributed by atoms with Crippen LogP contribution in [0, 0.1) is 0 Å². The van der Waals surface area contributed by atoms with Gasteiger partial charge in [-0.2, -0.15) is 0 Å². The third kappa shape index (κ3) is 7.93. The standard InChI is InChI=1S/C34H37N3O7S/c1-35-34(39)31(21-25-12-7-5-8-13-25)36(23-26-14-11-15-27(20-26)42-2)33(38)24-37(45(40,41)29-16-9-6-10-17-29)30-22-28(43-3)18-19-32(30)44-4/h5-20,22,31H,21,23-24H2,1-4H3,(H,35,39)/t31-/m0/s1. The molecule has 0 aromatic heterocycles. The number of nitrogens with one attached hydrogen (secondary N) is 1. The Balaban J connectivity index is 1.85. The van der Waals surface area contributed by atoms with Crippen molar-refractivity contribution in [1.29, 1.82) is 0 Å². The molecule has 0 radical (unpaired) electrons. The second kappa shape index (κ2) is 15.1. The van der Waals surface area contributed by atoms with Crippen LogP contribution in [-0.4, -0.2) is 66.1 Å². The molecule has 0 aliphatic heterocycles. The van der Waals surface area contributed by atoms with Crippen LogP contribution in [0.1, 0.15) is 11.1 Å². The van der Waals surface area contributed by atoms with Gasteiger partial charge in [-0.3, -0.25) is 13.9 Å². The van der Waals surface area contributed by atoms with E-state index in [4.69, 9.17) is 14.2 Å². The average molecular weight is 632 g/mol. The molecule has 45 heavy (non-hydrogen) atoms. The lowest BCUT2D eigenvalue weighted by Crippen LogP contribution is -2.53. The summed E-state index contributed by atoms with van der Waals surface area (Å²) in [6, 6.07) is 28.0. The van der Waals surface area contributed by atoms with Gasteiger partial charge in [0.1, 0.15) is 29.8 Å². The van der Waals surface area contributed by atoms with E-state index in [9.17, 15) is 18.0 Å². The van der Waals surface area contributed by atoms with E-state index in [0.29, 0.717) is 17.1 Å². The van der Waals surface area contributed by atoms with Gasteiger partial charge in [0.15, 0.2) is 0 Å². The van der Waals surface area contributed by atoms with E-state index in [1.54, 1.807) is 55.6 Å². The van der Waals surface area contributed by atoms with Crippen molar-refractivity contribution in [2.24, 2.45) is 0 Å². The van der Waals surface area contributed by atoms with E-state index in [2.05, 4.69) is 5.32 Å². The van der Waals surface area contributed by atoms with E-state index in [0.717, 1.165) is 9.87 Å². The Kier molecular flexibility index (Phi) is 11.0. The molecular weight excluding hydrogens is 594 g/mol. The fourth-order valence-electron chi connectivity index (χ4n) is 4.91. The van der Waals surface area contributed by atoms with E-state index >= 15 is 0 Å². The van der Waals surface area contributed by atoms with Crippen LogP contribution in [-0.2, 0) is 32.6 Å². The molecule has 0 aliphatic rings. The molecule has 0 spiro atoms. The first-order valence-corrected chi connectivity index (χ1v) is 15.6. The Morgan fingerprint density at radius 2 is 1.38 bits per heavy atom. The summed E-state index contributed by atoms with van der Waals surface area (Å²) in [6.07, 6.45) is 0.199. The number of sulfonamides is 1. The molecule has 11 heteroatoms. The Labute approximate surface area is 264 Å². The number of carbonyl (C=O) groups excluding carboxylic acids is 2. The zero-order chi connectivity index (χ0) is 32.4. The number of methoxy groups -OCH3 is 3. The summed E-state index contributed by atoms with van der Waals surface area (Å²) in [6.45, 7) is -0.623. The Bertz CT molecular complexity index is 1700. The first kappa shape index (κ1) is 32.9. The third-order valence-electron chi connectivity index (χ3n) is 7.27. The molecule has 1 atom stereocenters. The van der Waals surface area contributed by atoms with E-state index in [1.165, 1.54) is 44.4 Å². The molecule has 10 nitrogen and oxygen atoms in total. The maximum absolute atomic E-state index is 14.5. The molecule has 236 valence electrons. The van der Waals surface area contributed by atoms with Gasteiger partial charge in [0.05, 0.1) is 31.9 Å². The monoisotopic (exact) mass is 631 g/mol. The maximum Gasteiger partial charge on any atom is 0.264 e. The number of hydrogen-bond donors (Lipinski definition) is 1. The van der Waals surface area contributed by atoms with E-state index in [1.807, 2.05) is 36.4 Å². The van der Waals surface area contributed by atoms with Gasteiger partial charge in [0, 0.05) is 26.1 Å². The molecule has 4 aromatic rings. The zero-order valence-corrected chi connectivity index (χ0v) is 26.5. The minimum atomic E-state index is -4.30. The molecule has 0 heterocycles. The minimum Gasteiger partial charge on any atom is -0.497 e. The van der Waals surface area contributed by atoms with Crippen molar-refractivity contribution in [3.63, 3.8) is 0 Å². The maximum atomic E-state index is 14.5. The number of carbonyl (C=O) groups is 2. The number of likely N-dealkylation sites (N-methyl/N-ethyl adjacent to an activating group) is 1. The molecule has 0 fully saturated rings. The Hall–Kier alpha value is -5.03. The molecule has 0 aliphatic carbocycles. The lowest BCUT2D eigenvalue weighted by Gasteiger charge is -2.34. The number of hydrogen-bond acceptors (Lipinski definition) is 7. The van der Waals surface area contributed by atoms with Crippen molar-refractivity contribution in [2.45, 2.75) is 23.9 Å². The smallest absolute Gasteiger partial charge is 0.264 e. The van der Waals surface area contributed by atoms with Gasteiger partial charge >= 0.3 is 0 Å². The van der Waals surface area contributed by atoms with Gasteiger partial charge in [-0.1, -0.05) is 60.7 Å². The van der Waals surface area contributed by atoms with Gasteiger partial charge in [0.25, 0.3) is 10.0 Å². The van der Waals surface area contributed by atoms with Crippen LogP contribution >= 0.6 is 0 Å². The molecular formula is C34H37N3O7S. The van der Waals surface area contributed by atoms with E-state index in [-0.39, 0.29) is 29.3 Å². The van der Waals surface area contributed by atoms with Gasteiger partial charge in [-0.15, -0.1) is 0 Å². The second-order valence-corrected chi connectivity index (χ2v) is 11.9. The summed E-state index contributed by atoms with van der Waals surface area (Å²) < 4.78 is 45.7. The fourth-order valence-corrected chi connectivity index (χ4v) is 6.35. The lowest BCUT2D eigenvalue weighted by molar-refractivity contribution is -0.139. The molecule has 0 saturated carbocycles. The van der Waals surface area contributed by atoms with Crippen molar-refractivity contribution in [1.82, 2.24) is 10.2 Å². The van der Waals surface area contributed by atoms with Gasteiger partial charge in [0.2, 0.25) is 11.8 Å². The normalized spacial score (nSPS) is 11.6. The molecule has 4 rings (SSSR count). The summed E-state index contributed by atoms with van der Waals surface area (Å²) in [4.78, 5) is 29.3. The molecule has 1 N–H and O–H groups in total. The fraction of sp³-hybridized carbons (Fsp3) is 0.235. The predicted molar refractivity (Wildman–Crippen MR) is 172 cm³/mol. The van der Waals surface area contributed by atoms with Crippen LogP contribution in [0.3, 0.4) is 0 Å². The molecule has 4 aromatic carbocycles. The zero-order valence-electron chi connectivity index (χ0n) is 25.7. The first-order chi connectivity index (χ1) is 21.7. The quantitative estimate of drug-likeness (QED) is 0.221. The lowest BCUT2D eigenvalue weighted by atomic mass is 10.0. The van der Waals surface area contributed by atoms with Crippen LogP contribution in [0.4, 0.5) is 5.69 Å². The van der Waals surface area contributed by atoms with Crippen LogP contribution in [0.5, 0.6) is 17.2 Å². The van der Waals surface area contributed by atoms with Gasteiger partial charge < -0.3 is 24.4 Å². The minimum absolute atomic E-state index is 0.00935. The molecule has 0 bridgehead atoms. The SMILES string of the molecule is CNC(=O)[C@H](Cc1ccccc1)N(Cc1cccc(OC)c1)C(=O)CN(c1cc(OC)ccc1OC)S(=O)(=O)c1ccccc1. The van der Waals surface area contributed by atoms with Crippen molar-refractivity contribution in [3.8, 4) is 17.2 Å². The van der Waals surface area contributed by atoms with Crippen LogP contribution < -0.4 is 23.8 Å². The summed E-state index contributed by atoms with van der Waals surface area (Å²) in [7, 11) is 1.61. The first-order valence-electron chi connectivity index (χ1n) is 14.2. The Morgan fingerprint density at radius 3 is 2.00 bits per heavy atom. The van der Waals surface area contributed by atoms with Crippen LogP contribution in [0.25, 0.3) is 0 Å². The van der Waals surface area contributed by atoms with Crippen molar-refractivity contribution in [2.75, 3.05) is 39.2 Å². The predicted octanol–water partition coefficient (Wildman–Crippen LogP) is 4.29. The highest BCUT2D eigenvalue weighted by molar-refractivity contribution is 7.92. The summed E-state index contributed by atoms with van der Waals surface area (Å²) >= 11 is 0. The third-order valence-corrected chi connectivity index (χ3v) is 9.04. The summed E-state index contributed by atoms with van der Waals surface area (Å²) in [5, 5.41) is 2.68. The topological polar surface area (TPSA) is 114 Å². The Morgan fingerprint density at radius 1 is 0.756 bits per heavy atom. The van der Waals surface area contributed by atoms with Crippen molar-refractivity contribution < 1.29 is 32.2 Å². The summed E-state index contributed by atoms with van der Waals surface area (Å²) in [5.41, 5.74) is 1.63. The summed E-state index contributed by atoms with van der Waals surface area (Å²) in [5.74, 6) is 0.161. The van der Waals surface area contributed by atoms with Crippen molar-refractivity contribution in [3.05, 3.63) is 114 Å². The molecule has 0 saturated heterocycles. The average Bonchev–Trinajstić information content (AvgIpc) is 3.08. The number of ether oxygens (including phenoxy) is 3. The molecule has 0 unspecified atom stereocenters. The highest BCUT2D eigenvalue weighted by Crippen LogP contribution is 2.36. The number of rotatable bonds is 14. The van der Waals surface area contributed by atoms with Crippen molar-refractivity contribution >= 4 is 27.5 Å². The number of nitrogens with zero attached hydrogens (tertiary/aromatic N) is 2. The number of anilines is 1. The number of amides is 2. The molecule has 2 amide bonds.